The smallest absolute Gasteiger partial charge is 0.411 e. The number of ether oxygens (including phenoxy) is 2. The van der Waals surface area contributed by atoms with Gasteiger partial charge < -0.3 is 20.1 Å². The van der Waals surface area contributed by atoms with Crippen LogP contribution in [0.4, 0.5) is 13.2 Å². The van der Waals surface area contributed by atoms with E-state index in [4.69, 9.17) is 4.74 Å². The van der Waals surface area contributed by atoms with Gasteiger partial charge in [-0.15, -0.1) is 24.0 Å². The Morgan fingerprint density at radius 2 is 1.96 bits per heavy atom. The highest BCUT2D eigenvalue weighted by Crippen LogP contribution is 2.20. The summed E-state index contributed by atoms with van der Waals surface area (Å²) in [4.78, 5) is 4.09. The summed E-state index contributed by atoms with van der Waals surface area (Å²) >= 11 is 0. The number of rotatable bonds is 9. The Morgan fingerprint density at radius 3 is 2.58 bits per heavy atom. The molecule has 26 heavy (non-hydrogen) atoms. The summed E-state index contributed by atoms with van der Waals surface area (Å²) in [7, 11) is 1.63. The lowest BCUT2D eigenvalue weighted by molar-refractivity contribution is -0.173. The number of hydrogen-bond donors (Lipinski definition) is 2. The number of nitrogens with zero attached hydrogens (tertiary/aromatic N) is 1. The van der Waals surface area contributed by atoms with Crippen molar-refractivity contribution in [1.82, 2.24) is 10.6 Å². The fraction of sp³-hybridized carbons (Fsp3) is 0.588. The first-order chi connectivity index (χ1) is 11.9. The van der Waals surface area contributed by atoms with Crippen LogP contribution in [-0.4, -0.2) is 45.5 Å². The van der Waals surface area contributed by atoms with Gasteiger partial charge in [0.05, 0.1) is 6.61 Å². The second-order valence-electron chi connectivity index (χ2n) is 5.42. The van der Waals surface area contributed by atoms with Crippen molar-refractivity contribution >= 4 is 29.9 Å². The summed E-state index contributed by atoms with van der Waals surface area (Å²) in [5, 5.41) is 6.19. The van der Waals surface area contributed by atoms with Gasteiger partial charge in [-0.25, -0.2) is 0 Å². The Balaban J connectivity index is 0.00000625. The largest absolute Gasteiger partial charge is 0.494 e. The number of aryl methyl sites for hydroxylation is 1. The Bertz CT molecular complexity index is 555. The van der Waals surface area contributed by atoms with Crippen LogP contribution in [0.1, 0.15) is 24.5 Å². The second-order valence-corrected chi connectivity index (χ2v) is 5.42. The predicted octanol–water partition coefficient (Wildman–Crippen LogP) is 3.65. The molecule has 0 amide bonds. The van der Waals surface area contributed by atoms with E-state index in [1.807, 2.05) is 32.0 Å². The molecule has 1 aromatic rings. The van der Waals surface area contributed by atoms with Gasteiger partial charge in [0.25, 0.3) is 0 Å². The Morgan fingerprint density at radius 1 is 1.23 bits per heavy atom. The summed E-state index contributed by atoms with van der Waals surface area (Å²) in [5.74, 6) is 1.39. The van der Waals surface area contributed by atoms with E-state index in [-0.39, 0.29) is 30.6 Å². The van der Waals surface area contributed by atoms with Crippen molar-refractivity contribution in [3.8, 4) is 5.75 Å². The van der Waals surface area contributed by atoms with Crippen LogP contribution in [0.3, 0.4) is 0 Å². The van der Waals surface area contributed by atoms with Crippen LogP contribution in [0.15, 0.2) is 23.2 Å². The highest BCUT2D eigenvalue weighted by molar-refractivity contribution is 14.0. The molecule has 0 unspecified atom stereocenters. The first-order valence-electron chi connectivity index (χ1n) is 8.17. The summed E-state index contributed by atoms with van der Waals surface area (Å²) in [6.45, 7) is 4.33. The zero-order valence-corrected chi connectivity index (χ0v) is 17.6. The molecule has 0 aromatic heterocycles. The average molecular weight is 489 g/mol. The van der Waals surface area contributed by atoms with Crippen molar-refractivity contribution in [2.45, 2.75) is 33.0 Å². The van der Waals surface area contributed by atoms with Gasteiger partial charge in [0.2, 0.25) is 0 Å². The fourth-order valence-electron chi connectivity index (χ4n) is 2.07. The molecule has 0 fully saturated rings. The molecule has 0 aliphatic heterocycles. The minimum absolute atomic E-state index is 0. The third kappa shape index (κ3) is 10.7. The van der Waals surface area contributed by atoms with E-state index >= 15 is 0 Å². The molecule has 0 spiro atoms. The second kappa shape index (κ2) is 13.0. The van der Waals surface area contributed by atoms with E-state index in [2.05, 4.69) is 20.4 Å². The number of aliphatic imine (C=N–C) groups is 1. The van der Waals surface area contributed by atoms with Crippen LogP contribution in [0.5, 0.6) is 5.75 Å². The van der Waals surface area contributed by atoms with E-state index in [1.165, 1.54) is 0 Å². The summed E-state index contributed by atoms with van der Waals surface area (Å²) in [6.07, 6.45) is -3.83. The maximum Gasteiger partial charge on any atom is 0.411 e. The number of nitrogens with one attached hydrogen (secondary N) is 2. The van der Waals surface area contributed by atoms with Gasteiger partial charge in [0.15, 0.2) is 5.96 Å². The number of guanidine groups is 1. The molecule has 0 saturated carbocycles. The lowest BCUT2D eigenvalue weighted by Crippen LogP contribution is -2.37. The lowest BCUT2D eigenvalue weighted by atomic mass is 10.1. The van der Waals surface area contributed by atoms with Crippen LogP contribution >= 0.6 is 24.0 Å². The molecule has 150 valence electrons. The topological polar surface area (TPSA) is 54.9 Å². The van der Waals surface area contributed by atoms with Gasteiger partial charge in [-0.3, -0.25) is 4.99 Å². The normalized spacial score (nSPS) is 11.7. The maximum absolute atomic E-state index is 11.9. The third-order valence-electron chi connectivity index (χ3n) is 3.22. The highest BCUT2D eigenvalue weighted by Gasteiger charge is 2.27. The standard InChI is InChI=1S/C17H26F3N3O2.HI/c1-4-25-15-10-13(2)6-7-14(15)11-23-16(21-3)22-8-5-9-24-12-17(18,19)20;/h6-7,10H,4-5,8-9,11-12H2,1-3H3,(H2,21,22,23);1H. The van der Waals surface area contributed by atoms with E-state index < -0.39 is 12.8 Å². The molecule has 0 bridgehead atoms. The number of hydrogen-bond acceptors (Lipinski definition) is 3. The number of benzene rings is 1. The minimum Gasteiger partial charge on any atom is -0.494 e. The molecule has 0 heterocycles. The summed E-state index contributed by atoms with van der Waals surface area (Å²) < 4.78 is 46.0. The molecule has 0 radical (unpaired) electrons. The Hall–Kier alpha value is -1.23. The number of alkyl halides is 3. The monoisotopic (exact) mass is 489 g/mol. The Labute approximate surface area is 169 Å². The summed E-state index contributed by atoms with van der Waals surface area (Å²) in [5.41, 5.74) is 2.12. The third-order valence-corrected chi connectivity index (χ3v) is 3.22. The predicted molar refractivity (Wildman–Crippen MR) is 107 cm³/mol. The van der Waals surface area contributed by atoms with Gasteiger partial charge in [-0.2, -0.15) is 13.2 Å². The quantitative estimate of drug-likeness (QED) is 0.241. The van der Waals surface area contributed by atoms with Crippen molar-refractivity contribution < 1.29 is 22.6 Å². The van der Waals surface area contributed by atoms with E-state index in [1.54, 1.807) is 7.05 Å². The van der Waals surface area contributed by atoms with E-state index in [0.717, 1.165) is 16.9 Å². The maximum atomic E-state index is 11.9. The molecule has 1 rings (SSSR count). The average Bonchev–Trinajstić information content (AvgIpc) is 2.54. The zero-order valence-electron chi connectivity index (χ0n) is 15.3. The molecule has 2 N–H and O–H groups in total. The van der Waals surface area contributed by atoms with Gasteiger partial charge in [-0.1, -0.05) is 12.1 Å². The van der Waals surface area contributed by atoms with E-state index in [0.29, 0.717) is 32.1 Å². The van der Waals surface area contributed by atoms with Crippen LogP contribution < -0.4 is 15.4 Å². The molecular weight excluding hydrogens is 462 g/mol. The van der Waals surface area contributed by atoms with Crippen LogP contribution in [0.25, 0.3) is 0 Å². The highest BCUT2D eigenvalue weighted by atomic mass is 127. The zero-order chi connectivity index (χ0) is 18.7. The van der Waals surface area contributed by atoms with Gasteiger partial charge in [-0.05, 0) is 31.9 Å². The first-order valence-corrected chi connectivity index (χ1v) is 8.17. The van der Waals surface area contributed by atoms with Gasteiger partial charge in [0.1, 0.15) is 12.4 Å². The van der Waals surface area contributed by atoms with E-state index in [9.17, 15) is 13.2 Å². The van der Waals surface area contributed by atoms with Crippen molar-refractivity contribution in [2.75, 3.05) is 33.4 Å². The van der Waals surface area contributed by atoms with Crippen molar-refractivity contribution in [3.63, 3.8) is 0 Å². The van der Waals surface area contributed by atoms with Crippen LogP contribution in [-0.2, 0) is 11.3 Å². The van der Waals surface area contributed by atoms with Crippen molar-refractivity contribution in [3.05, 3.63) is 29.3 Å². The van der Waals surface area contributed by atoms with Crippen molar-refractivity contribution in [1.29, 1.82) is 0 Å². The molecule has 0 atom stereocenters. The fourth-order valence-corrected chi connectivity index (χ4v) is 2.07. The first kappa shape index (κ1) is 24.8. The molecule has 9 heteroatoms. The number of halogens is 4. The molecule has 1 aromatic carbocycles. The molecule has 0 aliphatic rings. The lowest BCUT2D eigenvalue weighted by Gasteiger charge is -2.15. The summed E-state index contributed by atoms with van der Waals surface area (Å²) in [6, 6.07) is 5.98. The SMILES string of the molecule is CCOc1cc(C)ccc1CNC(=NC)NCCCOCC(F)(F)F.I. The van der Waals surface area contributed by atoms with Gasteiger partial charge in [0, 0.05) is 32.3 Å². The van der Waals surface area contributed by atoms with Crippen LogP contribution in [0.2, 0.25) is 0 Å². The molecular formula is C17H27F3IN3O2. The minimum atomic E-state index is -4.28. The van der Waals surface area contributed by atoms with Gasteiger partial charge >= 0.3 is 6.18 Å². The molecule has 0 saturated heterocycles. The van der Waals surface area contributed by atoms with Crippen molar-refractivity contribution in [2.24, 2.45) is 4.99 Å². The Kier molecular flexibility index (Phi) is 12.4. The molecule has 5 nitrogen and oxygen atoms in total. The van der Waals surface area contributed by atoms with Crippen LogP contribution in [0, 0.1) is 6.92 Å². The molecule has 0 aliphatic carbocycles.